The molecule has 72 valence electrons. The Morgan fingerprint density at radius 1 is 1.54 bits per heavy atom. The fraction of sp³-hybridized carbons (Fsp3) is 0.556. The first-order valence-corrected chi connectivity index (χ1v) is 4.20. The van der Waals surface area contributed by atoms with Crippen LogP contribution >= 0.6 is 0 Å². The van der Waals surface area contributed by atoms with Gasteiger partial charge >= 0.3 is 5.97 Å². The number of aliphatic hydroxyl groups excluding tert-OH is 1. The molecule has 1 aliphatic carbocycles. The lowest BCUT2D eigenvalue weighted by atomic mass is 9.94. The first-order chi connectivity index (χ1) is 6.09. The van der Waals surface area contributed by atoms with Crippen LogP contribution in [0.25, 0.3) is 0 Å². The monoisotopic (exact) mass is 184 g/mol. The maximum absolute atomic E-state index is 10.8. The van der Waals surface area contributed by atoms with Crippen LogP contribution in [0.4, 0.5) is 0 Å². The minimum atomic E-state index is -1.33. The van der Waals surface area contributed by atoms with Crippen LogP contribution in [0.15, 0.2) is 11.6 Å². The number of hydrogen-bond acceptors (Lipinski definition) is 3. The number of aliphatic carboxylic acids is 1. The van der Waals surface area contributed by atoms with E-state index in [2.05, 4.69) is 0 Å². The van der Waals surface area contributed by atoms with E-state index in [1.165, 1.54) is 0 Å². The number of carbonyl (C=O) groups is 2. The van der Waals surface area contributed by atoms with Crippen molar-refractivity contribution in [3.63, 3.8) is 0 Å². The van der Waals surface area contributed by atoms with Crippen LogP contribution in [-0.4, -0.2) is 28.1 Å². The zero-order valence-electron chi connectivity index (χ0n) is 7.19. The Kier molecular flexibility index (Phi) is 3.19. The summed E-state index contributed by atoms with van der Waals surface area (Å²) in [6.07, 6.45) is 1.96. The summed E-state index contributed by atoms with van der Waals surface area (Å²) in [6.45, 7) is 0. The summed E-state index contributed by atoms with van der Waals surface area (Å²) >= 11 is 0. The van der Waals surface area contributed by atoms with Crippen molar-refractivity contribution in [1.29, 1.82) is 0 Å². The second-order valence-corrected chi connectivity index (χ2v) is 3.16. The van der Waals surface area contributed by atoms with Crippen LogP contribution in [0.2, 0.25) is 0 Å². The standard InChI is InChI=1S/C9H12O4/c10-7-3-1-6(2-4-7)5-8(11)9(12)13/h1,8,11H,2-5H2,(H,12,13). The summed E-state index contributed by atoms with van der Waals surface area (Å²) in [5.74, 6) is -1.04. The van der Waals surface area contributed by atoms with Gasteiger partial charge in [-0.05, 0) is 6.42 Å². The van der Waals surface area contributed by atoms with Gasteiger partial charge in [-0.15, -0.1) is 0 Å². The maximum Gasteiger partial charge on any atom is 0.332 e. The highest BCUT2D eigenvalue weighted by atomic mass is 16.4. The molecule has 1 unspecified atom stereocenters. The summed E-state index contributed by atoms with van der Waals surface area (Å²) in [5, 5.41) is 17.4. The molecule has 0 heterocycles. The zero-order valence-corrected chi connectivity index (χ0v) is 7.19. The largest absolute Gasteiger partial charge is 0.479 e. The Morgan fingerprint density at radius 3 is 2.69 bits per heavy atom. The van der Waals surface area contributed by atoms with Crippen molar-refractivity contribution in [3.05, 3.63) is 11.6 Å². The molecule has 0 radical (unpaired) electrons. The van der Waals surface area contributed by atoms with Crippen LogP contribution < -0.4 is 0 Å². The second kappa shape index (κ2) is 4.18. The van der Waals surface area contributed by atoms with Crippen LogP contribution in [0.1, 0.15) is 25.7 Å². The Balaban J connectivity index is 2.46. The lowest BCUT2D eigenvalue weighted by Gasteiger charge is -2.13. The van der Waals surface area contributed by atoms with Gasteiger partial charge in [0.05, 0.1) is 0 Å². The van der Waals surface area contributed by atoms with Crippen molar-refractivity contribution in [3.8, 4) is 0 Å². The van der Waals surface area contributed by atoms with Gasteiger partial charge in [0.25, 0.3) is 0 Å². The minimum Gasteiger partial charge on any atom is -0.479 e. The van der Waals surface area contributed by atoms with Gasteiger partial charge in [0.15, 0.2) is 6.10 Å². The minimum absolute atomic E-state index is 0.141. The normalized spacial score (nSPS) is 19.5. The van der Waals surface area contributed by atoms with E-state index in [0.717, 1.165) is 5.57 Å². The Bertz CT molecular complexity index is 254. The average Bonchev–Trinajstić information content (AvgIpc) is 2.08. The number of aliphatic hydroxyl groups is 1. The molecule has 0 aromatic heterocycles. The predicted molar refractivity (Wildman–Crippen MR) is 45.2 cm³/mol. The van der Waals surface area contributed by atoms with Crippen LogP contribution in [-0.2, 0) is 9.59 Å². The molecular formula is C9H12O4. The van der Waals surface area contributed by atoms with E-state index >= 15 is 0 Å². The lowest BCUT2D eigenvalue weighted by Crippen LogP contribution is -2.20. The number of hydrogen-bond donors (Lipinski definition) is 2. The van der Waals surface area contributed by atoms with Crippen molar-refractivity contribution >= 4 is 11.8 Å². The first kappa shape index (κ1) is 9.92. The Morgan fingerprint density at radius 2 is 2.23 bits per heavy atom. The van der Waals surface area contributed by atoms with Gasteiger partial charge in [0.2, 0.25) is 0 Å². The van der Waals surface area contributed by atoms with E-state index in [1.54, 1.807) is 6.08 Å². The molecule has 13 heavy (non-hydrogen) atoms. The summed E-state index contributed by atoms with van der Waals surface area (Å²) in [6, 6.07) is 0. The number of ketones is 1. The van der Waals surface area contributed by atoms with Crippen molar-refractivity contribution in [1.82, 2.24) is 0 Å². The van der Waals surface area contributed by atoms with Crippen molar-refractivity contribution in [2.75, 3.05) is 0 Å². The predicted octanol–water partition coefficient (Wildman–Crippen LogP) is 0.501. The third kappa shape index (κ3) is 2.99. The fourth-order valence-electron chi connectivity index (χ4n) is 1.28. The van der Waals surface area contributed by atoms with Gasteiger partial charge < -0.3 is 10.2 Å². The van der Waals surface area contributed by atoms with Crippen LogP contribution in [0.5, 0.6) is 0 Å². The zero-order chi connectivity index (χ0) is 9.84. The van der Waals surface area contributed by atoms with E-state index < -0.39 is 12.1 Å². The molecule has 0 spiro atoms. The van der Waals surface area contributed by atoms with E-state index in [4.69, 9.17) is 10.2 Å². The quantitative estimate of drug-likeness (QED) is 0.626. The molecule has 4 nitrogen and oxygen atoms in total. The van der Waals surface area contributed by atoms with Gasteiger partial charge in [0, 0.05) is 19.3 Å². The molecule has 0 saturated heterocycles. The van der Waals surface area contributed by atoms with E-state index in [-0.39, 0.29) is 12.2 Å². The van der Waals surface area contributed by atoms with E-state index in [9.17, 15) is 9.59 Å². The number of carbonyl (C=O) groups excluding carboxylic acids is 1. The highest BCUT2D eigenvalue weighted by Gasteiger charge is 2.17. The van der Waals surface area contributed by atoms with Gasteiger partial charge in [0.1, 0.15) is 5.78 Å². The molecule has 4 heteroatoms. The summed E-state index contributed by atoms with van der Waals surface area (Å²) in [4.78, 5) is 21.1. The number of carboxylic acids is 1. The van der Waals surface area contributed by atoms with Gasteiger partial charge in [-0.3, -0.25) is 4.79 Å². The summed E-state index contributed by atoms with van der Waals surface area (Å²) in [7, 11) is 0. The molecule has 0 aromatic rings. The number of carboxylic acid groups (broad SMARTS) is 1. The molecule has 0 aromatic carbocycles. The SMILES string of the molecule is O=C1CC=C(CC(O)C(=O)O)CC1. The smallest absolute Gasteiger partial charge is 0.332 e. The van der Waals surface area contributed by atoms with Crippen LogP contribution in [0, 0.1) is 0 Å². The molecule has 0 amide bonds. The number of allylic oxidation sites excluding steroid dienone is 1. The summed E-state index contributed by atoms with van der Waals surface area (Å²) < 4.78 is 0. The van der Waals surface area contributed by atoms with Crippen molar-refractivity contribution in [2.24, 2.45) is 0 Å². The fourth-order valence-corrected chi connectivity index (χ4v) is 1.28. The third-order valence-corrected chi connectivity index (χ3v) is 2.08. The average molecular weight is 184 g/mol. The van der Waals surface area contributed by atoms with E-state index in [1.807, 2.05) is 0 Å². The molecule has 1 atom stereocenters. The van der Waals surface area contributed by atoms with Crippen molar-refractivity contribution in [2.45, 2.75) is 31.8 Å². The molecule has 0 fully saturated rings. The third-order valence-electron chi connectivity index (χ3n) is 2.08. The van der Waals surface area contributed by atoms with Crippen molar-refractivity contribution < 1.29 is 19.8 Å². The van der Waals surface area contributed by atoms with Gasteiger partial charge in [-0.25, -0.2) is 4.79 Å². The van der Waals surface area contributed by atoms with Gasteiger partial charge in [-0.2, -0.15) is 0 Å². The molecule has 1 rings (SSSR count). The number of Topliss-reactive ketones (excluding diaryl/α,β-unsaturated/α-hetero) is 1. The molecule has 1 aliphatic rings. The summed E-state index contributed by atoms with van der Waals surface area (Å²) in [5.41, 5.74) is 0.870. The highest BCUT2D eigenvalue weighted by Crippen LogP contribution is 2.19. The highest BCUT2D eigenvalue weighted by molar-refractivity contribution is 5.81. The first-order valence-electron chi connectivity index (χ1n) is 4.20. The second-order valence-electron chi connectivity index (χ2n) is 3.16. The topological polar surface area (TPSA) is 74.6 Å². The Hall–Kier alpha value is -1.16. The Labute approximate surface area is 75.9 Å². The number of rotatable bonds is 3. The molecule has 0 bridgehead atoms. The van der Waals surface area contributed by atoms with E-state index in [0.29, 0.717) is 19.3 Å². The molecule has 2 N–H and O–H groups in total. The molecule has 0 aliphatic heterocycles. The molecule has 0 saturated carbocycles. The lowest BCUT2D eigenvalue weighted by molar-refractivity contribution is -0.146. The maximum atomic E-state index is 10.8. The van der Waals surface area contributed by atoms with Crippen LogP contribution in [0.3, 0.4) is 0 Å². The molecular weight excluding hydrogens is 172 g/mol. The van der Waals surface area contributed by atoms with Gasteiger partial charge in [-0.1, -0.05) is 11.6 Å².